The number of hydrogen-bond donors (Lipinski definition) is 1. The standard InChI is InChI=1S/C27H31BrN2O3/c1-17(2)18-10-12-19(13-11-18)29-24(32)27-15-14-26(5,25(27,3)4)22(16-27)30-33-23(31)20-8-6-7-9-21(20)28/h6-13,17H,14-16H2,1-5H3,(H,29,32). The van der Waals surface area contributed by atoms with Gasteiger partial charge in [-0.25, -0.2) is 4.79 Å². The molecule has 2 fully saturated rings. The topological polar surface area (TPSA) is 67.8 Å². The van der Waals surface area contributed by atoms with Crippen molar-refractivity contribution < 1.29 is 14.4 Å². The number of anilines is 1. The number of carbonyl (C=O) groups is 2. The number of fused-ring (bicyclic) bond motifs is 2. The highest BCUT2D eigenvalue weighted by molar-refractivity contribution is 9.10. The van der Waals surface area contributed by atoms with Crippen LogP contribution in [-0.4, -0.2) is 17.6 Å². The van der Waals surface area contributed by atoms with Crippen LogP contribution in [0.5, 0.6) is 0 Å². The Balaban J connectivity index is 1.57. The van der Waals surface area contributed by atoms with Crippen molar-refractivity contribution >= 4 is 39.2 Å². The van der Waals surface area contributed by atoms with Crippen LogP contribution in [0.2, 0.25) is 0 Å². The number of oxime groups is 1. The molecule has 2 atom stereocenters. The third-order valence-electron chi connectivity index (χ3n) is 8.34. The van der Waals surface area contributed by atoms with Crippen LogP contribution in [-0.2, 0) is 9.63 Å². The normalized spacial score (nSPS) is 26.6. The monoisotopic (exact) mass is 510 g/mol. The zero-order valence-electron chi connectivity index (χ0n) is 19.9. The quantitative estimate of drug-likeness (QED) is 0.349. The average Bonchev–Trinajstić information content (AvgIpc) is 3.09. The summed E-state index contributed by atoms with van der Waals surface area (Å²) in [4.78, 5) is 31.6. The van der Waals surface area contributed by atoms with Gasteiger partial charge in [0.1, 0.15) is 0 Å². The molecular formula is C27H31BrN2O3. The first-order chi connectivity index (χ1) is 15.5. The Morgan fingerprint density at radius 2 is 1.70 bits per heavy atom. The lowest BCUT2D eigenvalue weighted by Gasteiger charge is -2.39. The molecule has 2 aliphatic carbocycles. The van der Waals surface area contributed by atoms with Crippen LogP contribution in [0.15, 0.2) is 58.2 Å². The molecule has 2 aromatic rings. The van der Waals surface area contributed by atoms with Crippen molar-refractivity contribution in [2.75, 3.05) is 5.32 Å². The molecule has 1 N–H and O–H groups in total. The van der Waals surface area contributed by atoms with E-state index in [1.807, 2.05) is 18.2 Å². The molecule has 174 valence electrons. The van der Waals surface area contributed by atoms with Crippen molar-refractivity contribution in [1.29, 1.82) is 0 Å². The van der Waals surface area contributed by atoms with E-state index in [1.54, 1.807) is 18.2 Å². The molecule has 2 aliphatic rings. The lowest BCUT2D eigenvalue weighted by Crippen LogP contribution is -2.43. The summed E-state index contributed by atoms with van der Waals surface area (Å²) in [6.07, 6.45) is 2.09. The van der Waals surface area contributed by atoms with Gasteiger partial charge in [0.05, 0.1) is 16.7 Å². The fourth-order valence-corrected chi connectivity index (χ4v) is 5.94. The Morgan fingerprint density at radius 3 is 2.33 bits per heavy atom. The van der Waals surface area contributed by atoms with Crippen molar-refractivity contribution in [3.63, 3.8) is 0 Å². The second kappa shape index (κ2) is 8.39. The van der Waals surface area contributed by atoms with Crippen LogP contribution in [0.3, 0.4) is 0 Å². The summed E-state index contributed by atoms with van der Waals surface area (Å²) in [5.41, 5.74) is 1.99. The maximum absolute atomic E-state index is 13.6. The lowest BCUT2D eigenvalue weighted by atomic mass is 9.64. The highest BCUT2D eigenvalue weighted by Crippen LogP contribution is 2.71. The predicted octanol–water partition coefficient (Wildman–Crippen LogP) is 6.94. The van der Waals surface area contributed by atoms with Crippen LogP contribution in [0.1, 0.15) is 75.7 Å². The number of amides is 1. The highest BCUT2D eigenvalue weighted by atomic mass is 79.9. The summed E-state index contributed by atoms with van der Waals surface area (Å²) in [7, 11) is 0. The second-order valence-electron chi connectivity index (χ2n) is 10.3. The van der Waals surface area contributed by atoms with E-state index in [0.29, 0.717) is 22.4 Å². The molecule has 4 rings (SSSR count). The highest BCUT2D eigenvalue weighted by Gasteiger charge is 2.71. The smallest absolute Gasteiger partial charge is 0.326 e. The molecule has 6 heteroatoms. The molecule has 0 saturated heterocycles. The predicted molar refractivity (Wildman–Crippen MR) is 134 cm³/mol. The lowest BCUT2D eigenvalue weighted by molar-refractivity contribution is -0.130. The van der Waals surface area contributed by atoms with Crippen LogP contribution >= 0.6 is 15.9 Å². The van der Waals surface area contributed by atoms with Gasteiger partial charge >= 0.3 is 5.97 Å². The zero-order chi connectivity index (χ0) is 24.0. The summed E-state index contributed by atoms with van der Waals surface area (Å²) >= 11 is 3.38. The molecule has 33 heavy (non-hydrogen) atoms. The van der Waals surface area contributed by atoms with Gasteiger partial charge in [0, 0.05) is 22.0 Å². The maximum Gasteiger partial charge on any atom is 0.366 e. The Bertz CT molecular complexity index is 1120. The largest absolute Gasteiger partial charge is 0.366 e. The van der Waals surface area contributed by atoms with Crippen LogP contribution in [0, 0.1) is 16.2 Å². The number of hydrogen-bond acceptors (Lipinski definition) is 4. The number of halogens is 1. The van der Waals surface area contributed by atoms with E-state index in [-0.39, 0.29) is 16.7 Å². The number of carbonyl (C=O) groups excluding carboxylic acids is 2. The maximum atomic E-state index is 13.6. The number of benzene rings is 2. The van der Waals surface area contributed by atoms with Gasteiger partial charge in [-0.1, -0.05) is 64.0 Å². The minimum Gasteiger partial charge on any atom is -0.326 e. The van der Waals surface area contributed by atoms with Gasteiger partial charge in [0.15, 0.2) is 0 Å². The number of rotatable bonds is 5. The molecule has 2 aromatic carbocycles. The Labute approximate surface area is 204 Å². The van der Waals surface area contributed by atoms with Crippen LogP contribution in [0.25, 0.3) is 0 Å². The van der Waals surface area contributed by atoms with Gasteiger partial charge in [0.2, 0.25) is 5.91 Å². The van der Waals surface area contributed by atoms with Gasteiger partial charge in [-0.2, -0.15) is 0 Å². The van der Waals surface area contributed by atoms with E-state index >= 15 is 0 Å². The van der Waals surface area contributed by atoms with E-state index in [4.69, 9.17) is 4.84 Å². The summed E-state index contributed by atoms with van der Waals surface area (Å²) in [6, 6.07) is 15.2. The van der Waals surface area contributed by atoms with E-state index in [2.05, 4.69) is 73.2 Å². The number of nitrogens with zero attached hydrogens (tertiary/aromatic N) is 1. The first-order valence-electron chi connectivity index (χ1n) is 11.5. The van der Waals surface area contributed by atoms with E-state index in [0.717, 1.165) is 24.2 Å². The first-order valence-corrected chi connectivity index (χ1v) is 12.3. The molecule has 0 spiro atoms. The summed E-state index contributed by atoms with van der Waals surface area (Å²) < 4.78 is 0.661. The summed E-state index contributed by atoms with van der Waals surface area (Å²) in [5.74, 6) is -0.0607. The van der Waals surface area contributed by atoms with Gasteiger partial charge in [-0.3, -0.25) is 4.79 Å². The molecular weight excluding hydrogens is 480 g/mol. The fourth-order valence-electron chi connectivity index (χ4n) is 5.50. The first kappa shape index (κ1) is 23.7. The van der Waals surface area contributed by atoms with E-state index in [9.17, 15) is 9.59 Å². The summed E-state index contributed by atoms with van der Waals surface area (Å²) in [6.45, 7) is 10.7. The van der Waals surface area contributed by atoms with Crippen LogP contribution < -0.4 is 5.32 Å². The Morgan fingerprint density at radius 1 is 1.03 bits per heavy atom. The molecule has 0 aliphatic heterocycles. The molecule has 0 radical (unpaired) electrons. The van der Waals surface area contributed by atoms with Crippen molar-refractivity contribution in [3.8, 4) is 0 Å². The summed E-state index contributed by atoms with van der Waals surface area (Å²) in [5, 5.41) is 7.47. The molecule has 2 unspecified atom stereocenters. The van der Waals surface area contributed by atoms with Crippen molar-refractivity contribution in [3.05, 3.63) is 64.1 Å². The minimum atomic E-state index is -0.600. The molecule has 5 nitrogen and oxygen atoms in total. The minimum absolute atomic E-state index is 0.0100. The Hall–Kier alpha value is -2.47. The molecule has 0 heterocycles. The SMILES string of the molecule is CC(C)c1ccc(NC(=O)C23CCC(C)(C(=NOC(=O)c4ccccc4Br)C2)C3(C)C)cc1. The average molecular weight is 511 g/mol. The van der Waals surface area contributed by atoms with Crippen LogP contribution in [0.4, 0.5) is 5.69 Å². The molecule has 2 saturated carbocycles. The third-order valence-corrected chi connectivity index (χ3v) is 9.03. The number of nitrogens with one attached hydrogen (secondary N) is 1. The third kappa shape index (κ3) is 3.72. The van der Waals surface area contributed by atoms with Gasteiger partial charge < -0.3 is 10.2 Å². The van der Waals surface area contributed by atoms with Gasteiger partial charge in [-0.15, -0.1) is 0 Å². The van der Waals surface area contributed by atoms with E-state index in [1.165, 1.54) is 5.56 Å². The Kier molecular flexibility index (Phi) is 6.02. The zero-order valence-corrected chi connectivity index (χ0v) is 21.5. The molecule has 2 bridgehead atoms. The van der Waals surface area contributed by atoms with Gasteiger partial charge in [0.25, 0.3) is 0 Å². The molecule has 0 aromatic heterocycles. The molecule has 1 amide bonds. The fraction of sp³-hybridized carbons (Fsp3) is 0.444. The van der Waals surface area contributed by atoms with Gasteiger partial charge in [-0.05, 0) is 69.9 Å². The van der Waals surface area contributed by atoms with E-state index < -0.39 is 11.4 Å². The van der Waals surface area contributed by atoms with Crippen molar-refractivity contribution in [1.82, 2.24) is 0 Å². The second-order valence-corrected chi connectivity index (χ2v) is 11.2. The van der Waals surface area contributed by atoms with Crippen molar-refractivity contribution in [2.24, 2.45) is 21.4 Å². The van der Waals surface area contributed by atoms with Crippen molar-refractivity contribution in [2.45, 2.75) is 59.8 Å².